The van der Waals surface area contributed by atoms with Crippen LogP contribution < -0.4 is 0 Å². The van der Waals surface area contributed by atoms with Gasteiger partial charge in [0.25, 0.3) is 0 Å². The van der Waals surface area contributed by atoms with Gasteiger partial charge in [0.2, 0.25) is 6.79 Å². The summed E-state index contributed by atoms with van der Waals surface area (Å²) in [6.07, 6.45) is 0.770. The zero-order chi connectivity index (χ0) is 19.5. The summed E-state index contributed by atoms with van der Waals surface area (Å²) in [4.78, 5) is 36.3. The topological polar surface area (TPSA) is 98.1 Å². The SMILES string of the molecule is Cn1cc(C(=O)OCOC(=O)N(CC(=O)O)C(C)(C)C)c2ccccc21. The first kappa shape index (κ1) is 19.3. The monoisotopic (exact) mass is 362 g/mol. The van der Waals surface area contributed by atoms with E-state index in [-0.39, 0.29) is 0 Å². The van der Waals surface area contributed by atoms with E-state index in [2.05, 4.69) is 0 Å². The van der Waals surface area contributed by atoms with E-state index in [0.717, 1.165) is 15.8 Å². The number of carboxylic acids is 1. The Hall–Kier alpha value is -3.03. The van der Waals surface area contributed by atoms with Crippen LogP contribution in [0.3, 0.4) is 0 Å². The molecular weight excluding hydrogens is 340 g/mol. The predicted octanol–water partition coefficient (Wildman–Crippen LogP) is 2.61. The Balaban J connectivity index is 2.01. The molecule has 0 radical (unpaired) electrons. The van der Waals surface area contributed by atoms with E-state index in [1.807, 2.05) is 25.2 Å². The average Bonchev–Trinajstić information content (AvgIpc) is 2.89. The number of nitrogens with zero attached hydrogens (tertiary/aromatic N) is 2. The van der Waals surface area contributed by atoms with Crippen molar-refractivity contribution in [2.24, 2.45) is 7.05 Å². The first-order chi connectivity index (χ1) is 12.1. The minimum Gasteiger partial charge on any atom is -0.480 e. The maximum Gasteiger partial charge on any atom is 0.413 e. The van der Waals surface area contributed by atoms with E-state index in [4.69, 9.17) is 14.6 Å². The second-order valence-electron chi connectivity index (χ2n) is 6.78. The number of amides is 1. The molecule has 2 rings (SSSR count). The van der Waals surface area contributed by atoms with Crippen LogP contribution in [-0.2, 0) is 21.3 Å². The third-order valence-corrected chi connectivity index (χ3v) is 3.81. The lowest BCUT2D eigenvalue weighted by Crippen LogP contribution is -2.48. The highest BCUT2D eigenvalue weighted by atomic mass is 16.7. The van der Waals surface area contributed by atoms with Gasteiger partial charge in [0, 0.05) is 29.7 Å². The number of aliphatic carboxylic acids is 1. The lowest BCUT2D eigenvalue weighted by molar-refractivity contribution is -0.139. The summed E-state index contributed by atoms with van der Waals surface area (Å²) in [6, 6.07) is 7.35. The van der Waals surface area contributed by atoms with Crippen molar-refractivity contribution in [1.29, 1.82) is 0 Å². The number of rotatable bonds is 5. The minimum absolute atomic E-state index is 0.359. The predicted molar refractivity (Wildman–Crippen MR) is 93.8 cm³/mol. The Morgan fingerprint density at radius 3 is 2.42 bits per heavy atom. The summed E-state index contributed by atoms with van der Waals surface area (Å²) in [5.41, 5.74) is 0.476. The molecule has 8 heteroatoms. The smallest absolute Gasteiger partial charge is 0.413 e. The Morgan fingerprint density at radius 1 is 1.15 bits per heavy atom. The second-order valence-corrected chi connectivity index (χ2v) is 6.78. The number of carboxylic acid groups (broad SMARTS) is 1. The van der Waals surface area contributed by atoms with E-state index in [0.29, 0.717) is 5.56 Å². The molecule has 0 aliphatic heterocycles. The van der Waals surface area contributed by atoms with Gasteiger partial charge in [0.15, 0.2) is 0 Å². The van der Waals surface area contributed by atoms with Gasteiger partial charge in [0.1, 0.15) is 6.54 Å². The Bertz CT molecular complexity index is 834. The number of hydrogen-bond acceptors (Lipinski definition) is 5. The van der Waals surface area contributed by atoms with Crippen LogP contribution >= 0.6 is 0 Å². The van der Waals surface area contributed by atoms with Crippen molar-refractivity contribution in [2.45, 2.75) is 26.3 Å². The van der Waals surface area contributed by atoms with Gasteiger partial charge in [-0.2, -0.15) is 0 Å². The van der Waals surface area contributed by atoms with E-state index in [9.17, 15) is 14.4 Å². The average molecular weight is 362 g/mol. The van der Waals surface area contributed by atoms with Crippen LogP contribution in [0.15, 0.2) is 30.5 Å². The molecule has 140 valence electrons. The highest BCUT2D eigenvalue weighted by Gasteiger charge is 2.30. The summed E-state index contributed by atoms with van der Waals surface area (Å²) in [5, 5.41) is 9.65. The molecule has 2 aromatic rings. The van der Waals surface area contributed by atoms with Crippen molar-refractivity contribution in [2.75, 3.05) is 13.3 Å². The third kappa shape index (κ3) is 4.33. The van der Waals surface area contributed by atoms with E-state index < -0.39 is 36.9 Å². The van der Waals surface area contributed by atoms with Crippen LogP contribution in [0.2, 0.25) is 0 Å². The normalized spacial score (nSPS) is 11.2. The lowest BCUT2D eigenvalue weighted by atomic mass is 10.1. The zero-order valence-electron chi connectivity index (χ0n) is 15.2. The molecule has 1 aromatic heterocycles. The van der Waals surface area contributed by atoms with Crippen molar-refractivity contribution < 1.29 is 29.0 Å². The summed E-state index contributed by atoms with van der Waals surface area (Å²) in [7, 11) is 1.81. The molecule has 1 N–H and O–H groups in total. The molecule has 1 aromatic carbocycles. The second kappa shape index (κ2) is 7.47. The van der Waals surface area contributed by atoms with Crippen molar-refractivity contribution >= 4 is 28.9 Å². The molecule has 1 heterocycles. The van der Waals surface area contributed by atoms with Gasteiger partial charge in [-0.3, -0.25) is 9.69 Å². The van der Waals surface area contributed by atoms with Crippen LogP contribution in [0.1, 0.15) is 31.1 Å². The standard InChI is InChI=1S/C18H22N2O6/c1-18(2,3)20(10-15(21)22)17(24)26-11-25-16(23)13-9-19(4)14-8-6-5-7-12(13)14/h5-9H,10-11H2,1-4H3,(H,21,22). The summed E-state index contributed by atoms with van der Waals surface area (Å²) < 4.78 is 11.7. The van der Waals surface area contributed by atoms with Crippen molar-refractivity contribution in [1.82, 2.24) is 9.47 Å². The summed E-state index contributed by atoms with van der Waals surface area (Å²) >= 11 is 0. The zero-order valence-corrected chi connectivity index (χ0v) is 15.2. The molecule has 8 nitrogen and oxygen atoms in total. The minimum atomic E-state index is -1.16. The molecule has 1 amide bonds. The molecule has 26 heavy (non-hydrogen) atoms. The van der Waals surface area contributed by atoms with Gasteiger partial charge in [-0.05, 0) is 26.8 Å². The summed E-state index contributed by atoms with van der Waals surface area (Å²) in [6.45, 7) is 3.92. The van der Waals surface area contributed by atoms with Crippen molar-refractivity contribution in [3.8, 4) is 0 Å². The number of fused-ring (bicyclic) bond motifs is 1. The molecule has 0 saturated heterocycles. The highest BCUT2D eigenvalue weighted by Crippen LogP contribution is 2.21. The molecule has 0 fully saturated rings. The largest absolute Gasteiger partial charge is 0.480 e. The van der Waals surface area contributed by atoms with E-state index in [1.165, 1.54) is 0 Å². The number of esters is 1. The van der Waals surface area contributed by atoms with Crippen LogP contribution in [0.25, 0.3) is 10.9 Å². The van der Waals surface area contributed by atoms with Gasteiger partial charge in [-0.1, -0.05) is 18.2 Å². The Kier molecular flexibility index (Phi) is 5.54. The van der Waals surface area contributed by atoms with Crippen molar-refractivity contribution in [3.63, 3.8) is 0 Å². The van der Waals surface area contributed by atoms with Crippen LogP contribution in [0.5, 0.6) is 0 Å². The number of para-hydroxylation sites is 1. The van der Waals surface area contributed by atoms with Crippen LogP contribution in [-0.4, -0.2) is 51.5 Å². The highest BCUT2D eigenvalue weighted by molar-refractivity contribution is 6.04. The third-order valence-electron chi connectivity index (χ3n) is 3.81. The maximum atomic E-state index is 12.3. The first-order valence-electron chi connectivity index (χ1n) is 7.98. The number of aromatic nitrogens is 1. The van der Waals surface area contributed by atoms with Crippen LogP contribution in [0.4, 0.5) is 4.79 Å². The fourth-order valence-electron chi connectivity index (χ4n) is 2.50. The fraction of sp³-hybridized carbons (Fsp3) is 0.389. The quantitative estimate of drug-likeness (QED) is 0.648. The molecular formula is C18H22N2O6. The molecule has 0 aliphatic carbocycles. The van der Waals surface area contributed by atoms with Gasteiger partial charge < -0.3 is 19.1 Å². The lowest BCUT2D eigenvalue weighted by Gasteiger charge is -2.33. The van der Waals surface area contributed by atoms with E-state index in [1.54, 1.807) is 37.6 Å². The number of benzene rings is 1. The number of carbonyl (C=O) groups is 3. The molecule has 0 bridgehead atoms. The molecule has 0 atom stereocenters. The number of carbonyl (C=O) groups excluding carboxylic acids is 2. The molecule has 0 aliphatic rings. The van der Waals surface area contributed by atoms with E-state index >= 15 is 0 Å². The molecule has 0 spiro atoms. The number of ether oxygens (including phenoxy) is 2. The number of aryl methyl sites for hydroxylation is 1. The Morgan fingerprint density at radius 2 is 1.81 bits per heavy atom. The maximum absolute atomic E-state index is 12.3. The van der Waals surface area contributed by atoms with Gasteiger partial charge in [0.05, 0.1) is 5.56 Å². The van der Waals surface area contributed by atoms with Gasteiger partial charge in [-0.25, -0.2) is 9.59 Å². The Labute approximate surface area is 150 Å². The van der Waals surface area contributed by atoms with Crippen molar-refractivity contribution in [3.05, 3.63) is 36.0 Å². The molecule has 0 saturated carbocycles. The fourth-order valence-corrected chi connectivity index (χ4v) is 2.50. The molecule has 0 unspecified atom stereocenters. The van der Waals surface area contributed by atoms with Gasteiger partial charge >= 0.3 is 18.0 Å². The number of hydrogen-bond donors (Lipinski definition) is 1. The van der Waals surface area contributed by atoms with Gasteiger partial charge in [-0.15, -0.1) is 0 Å². The first-order valence-corrected chi connectivity index (χ1v) is 7.98. The van der Waals surface area contributed by atoms with Crippen LogP contribution in [0, 0.1) is 0 Å². The summed E-state index contributed by atoms with van der Waals surface area (Å²) in [5.74, 6) is -1.79.